The van der Waals surface area contributed by atoms with E-state index in [1.807, 2.05) is 26.0 Å². The largest absolute Gasteiger partial charge is 0.309 e. The summed E-state index contributed by atoms with van der Waals surface area (Å²) >= 11 is 0. The van der Waals surface area contributed by atoms with E-state index in [4.69, 9.17) is 5.26 Å². The molecule has 8 nitrogen and oxygen atoms in total. The maximum atomic E-state index is 12.9. The average molecular weight is 374 g/mol. The lowest BCUT2D eigenvalue weighted by Crippen LogP contribution is -2.37. The molecule has 0 spiro atoms. The second kappa shape index (κ2) is 8.01. The standard InChI is InChI=1S/C17H22N6O2S/c1-5-22(17(24)13(2)11-26(4,25)20-12-18)16-10-23(21-14(16)3)15-7-6-8-19-9-15/h6-11,13H,5H2,1-4H3,(H,20,25). The van der Waals surface area contributed by atoms with Crippen molar-refractivity contribution < 1.29 is 9.00 Å². The molecular formula is C17H22N6O2S. The first-order chi connectivity index (χ1) is 12.3. The number of aryl methyl sites for hydroxylation is 1. The van der Waals surface area contributed by atoms with E-state index in [1.165, 1.54) is 11.6 Å². The van der Waals surface area contributed by atoms with Crippen molar-refractivity contribution in [1.29, 1.82) is 5.26 Å². The van der Waals surface area contributed by atoms with Crippen LogP contribution in [0, 0.1) is 24.3 Å². The highest BCUT2D eigenvalue weighted by Gasteiger charge is 2.23. The number of pyridine rings is 1. The van der Waals surface area contributed by atoms with E-state index in [2.05, 4.69) is 14.8 Å². The van der Waals surface area contributed by atoms with E-state index in [0.717, 1.165) is 5.69 Å². The summed E-state index contributed by atoms with van der Waals surface area (Å²) in [7, 11) is -2.71. The van der Waals surface area contributed by atoms with Gasteiger partial charge in [0.15, 0.2) is 6.19 Å². The van der Waals surface area contributed by atoms with Gasteiger partial charge in [-0.3, -0.25) is 9.78 Å². The van der Waals surface area contributed by atoms with Crippen molar-refractivity contribution in [2.45, 2.75) is 20.8 Å². The Morgan fingerprint density at radius 3 is 2.88 bits per heavy atom. The molecule has 0 fully saturated rings. The van der Waals surface area contributed by atoms with Crippen LogP contribution in [0.1, 0.15) is 19.5 Å². The maximum Gasteiger partial charge on any atom is 0.234 e. The van der Waals surface area contributed by atoms with Gasteiger partial charge in [-0.05, 0) is 38.3 Å². The fraction of sp³-hybridized carbons (Fsp3) is 0.353. The Balaban J connectivity index is 2.34. The quantitative estimate of drug-likeness (QED) is 0.466. The average Bonchev–Trinajstić information content (AvgIpc) is 2.97. The number of anilines is 1. The van der Waals surface area contributed by atoms with E-state index in [0.29, 0.717) is 17.9 Å². The number of amides is 1. The van der Waals surface area contributed by atoms with Crippen LogP contribution in [-0.4, -0.2) is 43.0 Å². The number of hydrogen-bond acceptors (Lipinski definition) is 5. The van der Waals surface area contributed by atoms with E-state index < -0.39 is 15.6 Å². The lowest BCUT2D eigenvalue weighted by Gasteiger charge is -2.22. The molecule has 0 saturated carbocycles. The first kappa shape index (κ1) is 19.5. The third kappa shape index (κ3) is 4.40. The molecule has 0 aliphatic rings. The number of aromatic nitrogens is 3. The molecule has 2 heterocycles. The summed E-state index contributed by atoms with van der Waals surface area (Å²) in [5.41, 5.74) is 2.17. The summed E-state index contributed by atoms with van der Waals surface area (Å²) in [6, 6.07) is 3.68. The third-order valence-corrected chi connectivity index (χ3v) is 5.18. The van der Waals surface area contributed by atoms with Crippen LogP contribution in [0.25, 0.3) is 5.69 Å². The van der Waals surface area contributed by atoms with Gasteiger partial charge in [-0.1, -0.05) is 0 Å². The van der Waals surface area contributed by atoms with Crippen LogP contribution in [0.3, 0.4) is 0 Å². The topological polar surface area (TPSA) is 104 Å². The van der Waals surface area contributed by atoms with Crippen molar-refractivity contribution in [2.24, 2.45) is 5.92 Å². The fourth-order valence-electron chi connectivity index (χ4n) is 2.60. The summed E-state index contributed by atoms with van der Waals surface area (Å²) < 4.78 is 16.1. The van der Waals surface area contributed by atoms with Crippen molar-refractivity contribution in [3.8, 4) is 11.9 Å². The molecule has 0 aromatic carbocycles. The Morgan fingerprint density at radius 2 is 2.31 bits per heavy atom. The maximum absolute atomic E-state index is 12.9. The van der Waals surface area contributed by atoms with Crippen molar-refractivity contribution >= 4 is 26.7 Å². The van der Waals surface area contributed by atoms with Gasteiger partial charge in [0, 0.05) is 19.0 Å². The number of nitriles is 1. The van der Waals surface area contributed by atoms with Crippen molar-refractivity contribution in [1.82, 2.24) is 19.5 Å². The number of carbonyl (C=O) groups excluding carboxylic acids is 1. The molecule has 1 amide bonds. The van der Waals surface area contributed by atoms with Gasteiger partial charge in [0.1, 0.15) is 0 Å². The molecule has 2 aromatic heterocycles. The monoisotopic (exact) mass is 374 g/mol. The Labute approximate surface area is 153 Å². The molecule has 0 aliphatic heterocycles. The van der Waals surface area contributed by atoms with Gasteiger partial charge < -0.3 is 4.90 Å². The smallest absolute Gasteiger partial charge is 0.234 e. The Morgan fingerprint density at radius 1 is 1.58 bits per heavy atom. The molecular weight excluding hydrogens is 352 g/mol. The summed E-state index contributed by atoms with van der Waals surface area (Å²) in [5.74, 6) is -0.843. The van der Waals surface area contributed by atoms with Crippen LogP contribution in [-0.2, 0) is 14.5 Å². The van der Waals surface area contributed by atoms with Gasteiger partial charge in [0.25, 0.3) is 0 Å². The third-order valence-electron chi connectivity index (χ3n) is 3.76. The predicted octanol–water partition coefficient (Wildman–Crippen LogP) is 1.27. The lowest BCUT2D eigenvalue weighted by molar-refractivity contribution is -0.119. The molecule has 0 saturated heterocycles. The van der Waals surface area contributed by atoms with Gasteiger partial charge in [0.05, 0.1) is 45.1 Å². The summed E-state index contributed by atoms with van der Waals surface area (Å²) in [6.07, 6.45) is 8.19. The van der Waals surface area contributed by atoms with E-state index >= 15 is 0 Å². The van der Waals surface area contributed by atoms with E-state index in [9.17, 15) is 9.00 Å². The van der Waals surface area contributed by atoms with Gasteiger partial charge in [-0.25, -0.2) is 13.6 Å². The fourth-order valence-corrected chi connectivity index (χ4v) is 3.75. The molecule has 2 unspecified atom stereocenters. The van der Waals surface area contributed by atoms with E-state index in [1.54, 1.807) is 41.3 Å². The van der Waals surface area contributed by atoms with E-state index in [-0.39, 0.29) is 5.91 Å². The first-order valence-corrected chi connectivity index (χ1v) is 10.1. The highest BCUT2D eigenvalue weighted by atomic mass is 32.2. The van der Waals surface area contributed by atoms with Crippen LogP contribution in [0.5, 0.6) is 0 Å². The summed E-state index contributed by atoms with van der Waals surface area (Å²) in [5, 5.41) is 14.5. The van der Waals surface area contributed by atoms with Gasteiger partial charge in [0.2, 0.25) is 5.91 Å². The predicted molar refractivity (Wildman–Crippen MR) is 102 cm³/mol. The first-order valence-electron chi connectivity index (χ1n) is 8.07. The normalized spacial score (nSPS) is 14.0. The van der Waals surface area contributed by atoms with Crippen LogP contribution in [0.2, 0.25) is 0 Å². The second-order valence-electron chi connectivity index (χ2n) is 5.88. The molecule has 26 heavy (non-hydrogen) atoms. The molecule has 0 aliphatic carbocycles. The zero-order valence-electron chi connectivity index (χ0n) is 15.2. The molecule has 2 atom stereocenters. The molecule has 9 heteroatoms. The second-order valence-corrected chi connectivity index (χ2v) is 8.16. The SMILES string of the molecule is CCN(C(=O)C(C)C=S(C)(=O)NC#N)c1cn(-c2cccnc2)nc1C. The molecule has 0 bridgehead atoms. The van der Waals surface area contributed by atoms with Gasteiger partial charge in [-0.2, -0.15) is 10.4 Å². The molecule has 0 radical (unpaired) electrons. The Bertz CT molecular complexity index is 938. The highest BCUT2D eigenvalue weighted by Crippen LogP contribution is 2.22. The van der Waals surface area contributed by atoms with Crippen LogP contribution < -0.4 is 9.62 Å². The minimum atomic E-state index is -2.71. The number of nitrogens with one attached hydrogen (secondary N) is 1. The molecule has 2 aromatic rings. The minimum absolute atomic E-state index is 0.212. The summed E-state index contributed by atoms with van der Waals surface area (Å²) in [6.45, 7) is 5.79. The number of nitrogens with zero attached hydrogens (tertiary/aromatic N) is 5. The summed E-state index contributed by atoms with van der Waals surface area (Å²) in [4.78, 5) is 18.5. The van der Waals surface area contributed by atoms with Crippen LogP contribution in [0.15, 0.2) is 30.7 Å². The zero-order chi connectivity index (χ0) is 19.3. The zero-order valence-corrected chi connectivity index (χ0v) is 16.0. The van der Waals surface area contributed by atoms with Crippen LogP contribution in [0.4, 0.5) is 5.69 Å². The number of rotatable bonds is 6. The number of hydrogen-bond donors (Lipinski definition) is 1. The van der Waals surface area contributed by atoms with Crippen LogP contribution >= 0.6 is 0 Å². The Hall–Kier alpha value is -2.86. The van der Waals surface area contributed by atoms with Crippen molar-refractivity contribution in [2.75, 3.05) is 17.7 Å². The highest BCUT2D eigenvalue weighted by molar-refractivity contribution is 7.99. The van der Waals surface area contributed by atoms with Crippen molar-refractivity contribution in [3.63, 3.8) is 0 Å². The van der Waals surface area contributed by atoms with Gasteiger partial charge >= 0.3 is 0 Å². The molecule has 1 N–H and O–H groups in total. The molecule has 138 valence electrons. The molecule has 2 rings (SSSR count). The number of carbonyl (C=O) groups is 1. The minimum Gasteiger partial charge on any atom is -0.309 e. The van der Waals surface area contributed by atoms with Gasteiger partial charge in [-0.15, -0.1) is 0 Å². The van der Waals surface area contributed by atoms with Crippen molar-refractivity contribution in [3.05, 3.63) is 36.4 Å². The Kier molecular flexibility index (Phi) is 6.00. The lowest BCUT2D eigenvalue weighted by atomic mass is 10.1.